The molecule has 0 radical (unpaired) electrons. The first-order chi connectivity index (χ1) is 8.72. The maximum absolute atomic E-state index is 5.17. The lowest BCUT2D eigenvalue weighted by Gasteiger charge is -2.35. The Labute approximate surface area is 116 Å². The molecule has 0 N–H and O–H groups in total. The zero-order valence-electron chi connectivity index (χ0n) is 11.6. The predicted molar refractivity (Wildman–Crippen MR) is 76.0 cm³/mol. The summed E-state index contributed by atoms with van der Waals surface area (Å²) in [6, 6.07) is 0.679. The molecular formula is C13H26N2O2S. The summed E-state index contributed by atoms with van der Waals surface area (Å²) in [5.41, 5.74) is 0.286. The van der Waals surface area contributed by atoms with Crippen LogP contribution >= 0.6 is 12.9 Å². The lowest BCUT2D eigenvalue weighted by molar-refractivity contribution is 0.0813. The van der Waals surface area contributed by atoms with Crippen LogP contribution in [0.15, 0.2) is 0 Å². The molecule has 2 heterocycles. The molecule has 4 nitrogen and oxygen atoms in total. The molecule has 0 aromatic carbocycles. The second kappa shape index (κ2) is 6.57. The first-order valence-corrected chi connectivity index (χ1v) is 7.29. The minimum atomic E-state index is 0.286. The summed E-state index contributed by atoms with van der Waals surface area (Å²) in [5, 5.41) is 0. The number of methoxy groups -OCH3 is 1. The summed E-state index contributed by atoms with van der Waals surface area (Å²) in [6.07, 6.45) is 5.12. The zero-order chi connectivity index (χ0) is 13.0. The van der Waals surface area contributed by atoms with Gasteiger partial charge in [-0.25, -0.2) is 0 Å². The Morgan fingerprint density at radius 1 is 1.44 bits per heavy atom. The van der Waals surface area contributed by atoms with Gasteiger partial charge in [-0.3, -0.25) is 4.90 Å². The van der Waals surface area contributed by atoms with Gasteiger partial charge in [0, 0.05) is 31.8 Å². The van der Waals surface area contributed by atoms with Gasteiger partial charge in [-0.05, 0) is 52.2 Å². The van der Waals surface area contributed by atoms with Crippen molar-refractivity contribution in [3.8, 4) is 0 Å². The molecular weight excluding hydrogens is 248 g/mol. The molecule has 0 aromatic heterocycles. The van der Waals surface area contributed by atoms with Crippen LogP contribution in [-0.2, 0) is 8.92 Å². The van der Waals surface area contributed by atoms with E-state index in [4.69, 9.17) is 8.92 Å². The minimum absolute atomic E-state index is 0.286. The van der Waals surface area contributed by atoms with Crippen LogP contribution in [0, 0.1) is 0 Å². The third-order valence-electron chi connectivity index (χ3n) is 4.57. The topological polar surface area (TPSA) is 24.9 Å². The van der Waals surface area contributed by atoms with E-state index in [1.807, 2.05) is 0 Å². The highest BCUT2D eigenvalue weighted by Crippen LogP contribution is 2.42. The fourth-order valence-electron chi connectivity index (χ4n) is 3.62. The number of hydrogen-bond acceptors (Lipinski definition) is 5. The Morgan fingerprint density at radius 3 is 3.00 bits per heavy atom. The van der Waals surface area contributed by atoms with Crippen molar-refractivity contribution in [2.75, 3.05) is 47.0 Å². The average Bonchev–Trinajstić information content (AvgIpc) is 2.88. The number of nitrogens with zero attached hydrogens (tertiary/aromatic N) is 2. The Balaban J connectivity index is 1.88. The first-order valence-electron chi connectivity index (χ1n) is 6.92. The maximum Gasteiger partial charge on any atom is 0.0794 e. The van der Waals surface area contributed by atoms with E-state index >= 15 is 0 Å². The fourth-order valence-corrected chi connectivity index (χ4v) is 3.86. The van der Waals surface area contributed by atoms with Gasteiger partial charge in [0.2, 0.25) is 0 Å². The molecule has 5 heteroatoms. The lowest BCUT2D eigenvalue weighted by Crippen LogP contribution is -2.48. The predicted octanol–water partition coefficient (Wildman–Crippen LogP) is 1.42. The van der Waals surface area contributed by atoms with Gasteiger partial charge in [0.1, 0.15) is 0 Å². The van der Waals surface area contributed by atoms with Gasteiger partial charge in [0.15, 0.2) is 0 Å². The molecule has 2 rings (SSSR count). The summed E-state index contributed by atoms with van der Waals surface area (Å²) >= 11 is 3.96. The highest BCUT2D eigenvalue weighted by atomic mass is 32.1. The van der Waals surface area contributed by atoms with E-state index in [0.29, 0.717) is 6.04 Å². The Morgan fingerprint density at radius 2 is 2.28 bits per heavy atom. The van der Waals surface area contributed by atoms with E-state index in [1.54, 1.807) is 7.11 Å². The van der Waals surface area contributed by atoms with Crippen LogP contribution in [0.3, 0.4) is 0 Å². The highest BCUT2D eigenvalue weighted by Gasteiger charge is 2.49. The van der Waals surface area contributed by atoms with Gasteiger partial charge in [-0.15, -0.1) is 0 Å². The van der Waals surface area contributed by atoms with Gasteiger partial charge in [0.25, 0.3) is 0 Å². The van der Waals surface area contributed by atoms with Crippen LogP contribution in [0.1, 0.15) is 25.7 Å². The molecule has 0 saturated carbocycles. The van der Waals surface area contributed by atoms with Crippen molar-refractivity contribution >= 4 is 12.9 Å². The average molecular weight is 274 g/mol. The van der Waals surface area contributed by atoms with E-state index in [-0.39, 0.29) is 5.54 Å². The van der Waals surface area contributed by atoms with Crippen molar-refractivity contribution in [2.45, 2.75) is 37.3 Å². The first kappa shape index (κ1) is 14.6. The molecule has 18 heavy (non-hydrogen) atoms. The minimum Gasteiger partial charge on any atom is -0.383 e. The molecule has 0 bridgehead atoms. The van der Waals surface area contributed by atoms with Crippen LogP contribution in [0.25, 0.3) is 0 Å². The van der Waals surface area contributed by atoms with Crippen LogP contribution in [-0.4, -0.2) is 68.4 Å². The third kappa shape index (κ3) is 3.02. The van der Waals surface area contributed by atoms with Gasteiger partial charge < -0.3 is 13.8 Å². The van der Waals surface area contributed by atoms with E-state index in [1.165, 1.54) is 32.2 Å². The van der Waals surface area contributed by atoms with Crippen molar-refractivity contribution in [3.05, 3.63) is 0 Å². The Hall–Kier alpha value is 0.190. The molecule has 1 unspecified atom stereocenters. The molecule has 0 aromatic rings. The molecule has 0 aliphatic carbocycles. The zero-order valence-corrected chi connectivity index (χ0v) is 12.5. The molecule has 2 atom stereocenters. The molecule has 2 aliphatic heterocycles. The van der Waals surface area contributed by atoms with Gasteiger partial charge in [-0.2, -0.15) is 0 Å². The molecule has 2 aliphatic rings. The second-order valence-electron chi connectivity index (χ2n) is 5.74. The quantitative estimate of drug-likeness (QED) is 0.561. The van der Waals surface area contributed by atoms with Crippen LogP contribution in [0.4, 0.5) is 0 Å². The maximum atomic E-state index is 5.17. The number of ether oxygens (including phenoxy) is 1. The molecule has 2 saturated heterocycles. The van der Waals surface area contributed by atoms with Crippen LogP contribution in [0.2, 0.25) is 0 Å². The van der Waals surface area contributed by atoms with Crippen molar-refractivity contribution < 1.29 is 8.92 Å². The van der Waals surface area contributed by atoms with E-state index in [0.717, 1.165) is 26.3 Å². The summed E-state index contributed by atoms with van der Waals surface area (Å²) in [5.74, 6) is 0. The monoisotopic (exact) mass is 274 g/mol. The van der Waals surface area contributed by atoms with Crippen molar-refractivity contribution in [1.29, 1.82) is 0 Å². The molecule has 0 amide bonds. The lowest BCUT2D eigenvalue weighted by atomic mass is 9.95. The number of fused-ring (bicyclic) bond motifs is 1. The van der Waals surface area contributed by atoms with Gasteiger partial charge >= 0.3 is 0 Å². The number of likely N-dealkylation sites (N-methyl/N-ethyl adjacent to an activating group) is 1. The summed E-state index contributed by atoms with van der Waals surface area (Å²) < 4.78 is 10.3. The summed E-state index contributed by atoms with van der Waals surface area (Å²) in [4.78, 5) is 5.05. The fraction of sp³-hybridized carbons (Fsp3) is 1.00. The number of rotatable bonds is 7. The SMILES string of the molecule is COCCN(C)CC1CC[C@@]2(COS)CCCN12. The standard InChI is InChI=1S/C13H26N2O2S/c1-14(8-9-16-2)10-12-4-6-13(11-17-18)5-3-7-15(12)13/h12,18H,3-11H2,1-2H3/t12?,13-/m1/s1. The third-order valence-corrected chi connectivity index (χ3v) is 4.70. The van der Waals surface area contributed by atoms with Gasteiger partial charge in [-0.1, -0.05) is 0 Å². The number of thiol groups is 1. The van der Waals surface area contributed by atoms with Crippen molar-refractivity contribution in [3.63, 3.8) is 0 Å². The molecule has 2 fully saturated rings. The molecule has 0 spiro atoms. The Kier molecular flexibility index (Phi) is 5.33. The smallest absolute Gasteiger partial charge is 0.0794 e. The second-order valence-corrected chi connectivity index (χ2v) is 6.00. The normalized spacial score (nSPS) is 32.3. The van der Waals surface area contributed by atoms with Crippen LogP contribution in [0.5, 0.6) is 0 Å². The molecule has 106 valence electrons. The summed E-state index contributed by atoms with van der Waals surface area (Å²) in [6.45, 7) is 4.96. The van der Waals surface area contributed by atoms with Crippen molar-refractivity contribution in [1.82, 2.24) is 9.80 Å². The summed E-state index contributed by atoms with van der Waals surface area (Å²) in [7, 11) is 3.95. The highest BCUT2D eigenvalue weighted by molar-refractivity contribution is 7.75. The largest absolute Gasteiger partial charge is 0.383 e. The van der Waals surface area contributed by atoms with Crippen molar-refractivity contribution in [2.24, 2.45) is 0 Å². The number of hydrogen-bond donors (Lipinski definition) is 1. The Bertz CT molecular complexity index is 267. The van der Waals surface area contributed by atoms with Gasteiger partial charge in [0.05, 0.1) is 13.2 Å². The van der Waals surface area contributed by atoms with E-state index < -0.39 is 0 Å². The van der Waals surface area contributed by atoms with Crippen LogP contribution < -0.4 is 0 Å². The van der Waals surface area contributed by atoms with E-state index in [9.17, 15) is 0 Å². The van der Waals surface area contributed by atoms with E-state index in [2.05, 4.69) is 29.8 Å².